The number of alkyl carbamates (subject to hydrolysis) is 1. The van der Waals surface area contributed by atoms with Gasteiger partial charge in [0, 0.05) is 30.4 Å². The zero-order valence-electron chi connectivity index (χ0n) is 30.0. The van der Waals surface area contributed by atoms with Gasteiger partial charge in [-0.05, 0) is 112 Å². The summed E-state index contributed by atoms with van der Waals surface area (Å²) < 4.78 is 48.8. The third-order valence-electron chi connectivity index (χ3n) is 7.67. The normalized spacial score (nSPS) is 17.1. The molecule has 0 aliphatic heterocycles. The van der Waals surface area contributed by atoms with Crippen molar-refractivity contribution in [3.8, 4) is 11.3 Å². The predicted octanol–water partition coefficient (Wildman–Crippen LogP) is 8.21. The molecule has 1 aliphatic rings. The second-order valence-electron chi connectivity index (χ2n) is 15.3. The number of aromatic nitrogens is 3. The van der Waals surface area contributed by atoms with Gasteiger partial charge in [-0.3, -0.25) is 4.68 Å². The van der Waals surface area contributed by atoms with Crippen LogP contribution in [0.25, 0.3) is 22.2 Å². The molecule has 0 radical (unpaired) electrons. The highest BCUT2D eigenvalue weighted by Gasteiger charge is 2.38. The number of nitrogens with one attached hydrogen (secondary N) is 1. The van der Waals surface area contributed by atoms with Crippen LogP contribution in [-0.2, 0) is 20.8 Å². The van der Waals surface area contributed by atoms with E-state index in [1.165, 1.54) is 0 Å². The Hall–Kier alpha value is -4.49. The first-order valence-corrected chi connectivity index (χ1v) is 16.5. The molecule has 3 amide bonds. The van der Waals surface area contributed by atoms with E-state index in [-0.39, 0.29) is 40.1 Å². The van der Waals surface area contributed by atoms with Crippen molar-refractivity contribution in [2.45, 2.75) is 130 Å². The number of pyridine rings is 1. The molecule has 0 spiro atoms. The van der Waals surface area contributed by atoms with Crippen LogP contribution in [0.2, 0.25) is 0 Å². The summed E-state index contributed by atoms with van der Waals surface area (Å²) in [5.41, 5.74) is 3.57. The van der Waals surface area contributed by atoms with Gasteiger partial charge in [0.05, 0.1) is 16.6 Å². The van der Waals surface area contributed by atoms with E-state index in [4.69, 9.17) is 19.9 Å². The number of rotatable bonds is 5. The van der Waals surface area contributed by atoms with Crippen molar-refractivity contribution in [3.63, 3.8) is 0 Å². The molecule has 4 rings (SSSR count). The lowest BCUT2D eigenvalue weighted by atomic mass is 9.81. The number of aryl methyl sites for hydroxylation is 1. The van der Waals surface area contributed by atoms with E-state index >= 15 is 4.39 Å². The molecule has 1 aliphatic carbocycles. The largest absolute Gasteiger partial charge is 0.444 e. The number of amides is 3. The van der Waals surface area contributed by atoms with E-state index < -0.39 is 46.7 Å². The molecule has 0 bridgehead atoms. The minimum absolute atomic E-state index is 0.0463. The number of ether oxygens (including phenoxy) is 3. The van der Waals surface area contributed by atoms with E-state index in [1.807, 2.05) is 6.92 Å². The molecular weight excluding hydrogens is 638 g/mol. The standard InChI is InChI=1S/C35H48F2N6O6/c1-11-42-28-22(19-12-14-20(15-13-19)40-30(44)47-33(2,3)4)18-39-29(26(28)27(41-42)21-16-24(37)25(38)17-23(21)36)43(31(45)48-34(5,6)7)32(46)49-35(8,9)10/h16-20H,11-15,38H2,1-10H3,(H,40,44). The zero-order chi connectivity index (χ0) is 36.6. The van der Waals surface area contributed by atoms with Crippen molar-refractivity contribution in [1.82, 2.24) is 20.1 Å². The quantitative estimate of drug-likeness (QED) is 0.200. The molecule has 1 fully saturated rings. The van der Waals surface area contributed by atoms with Crippen LogP contribution in [0.5, 0.6) is 0 Å². The number of carbonyl (C=O) groups is 3. The highest BCUT2D eigenvalue weighted by atomic mass is 19.1. The second kappa shape index (κ2) is 13.8. The van der Waals surface area contributed by atoms with Gasteiger partial charge in [0.15, 0.2) is 5.82 Å². The second-order valence-corrected chi connectivity index (χ2v) is 15.3. The van der Waals surface area contributed by atoms with Gasteiger partial charge >= 0.3 is 18.3 Å². The average Bonchev–Trinajstić information content (AvgIpc) is 3.32. The number of anilines is 2. The first-order chi connectivity index (χ1) is 22.6. The molecule has 1 saturated carbocycles. The summed E-state index contributed by atoms with van der Waals surface area (Å²) in [5.74, 6) is -2.02. The van der Waals surface area contributed by atoms with E-state index in [0.717, 1.165) is 17.7 Å². The Morgan fingerprint density at radius 2 is 1.45 bits per heavy atom. The van der Waals surface area contributed by atoms with Gasteiger partial charge in [-0.15, -0.1) is 0 Å². The Morgan fingerprint density at radius 1 is 0.898 bits per heavy atom. The lowest BCUT2D eigenvalue weighted by Gasteiger charge is -2.31. The fourth-order valence-electron chi connectivity index (χ4n) is 5.74. The minimum atomic E-state index is -1.07. The number of nitrogens with zero attached hydrogens (tertiary/aromatic N) is 4. The Morgan fingerprint density at radius 3 is 1.96 bits per heavy atom. The highest BCUT2D eigenvalue weighted by Crippen LogP contribution is 2.43. The summed E-state index contributed by atoms with van der Waals surface area (Å²) in [7, 11) is 0. The van der Waals surface area contributed by atoms with Crippen LogP contribution in [0.3, 0.4) is 0 Å². The maximum Gasteiger partial charge on any atom is 0.425 e. The molecule has 1 aromatic carbocycles. The van der Waals surface area contributed by atoms with E-state index in [1.54, 1.807) is 73.2 Å². The number of hydrogen-bond acceptors (Lipinski definition) is 9. The number of nitrogen functional groups attached to an aromatic ring is 1. The SMILES string of the molecule is CCn1nc(-c2cc(F)c(N)cc2F)c2c(N(C(=O)OC(C)(C)C)C(=O)OC(C)(C)C)ncc(C3CCC(NC(=O)OC(C)(C)C)CC3)c21. The number of imide groups is 1. The molecule has 0 unspecified atom stereocenters. The number of fused-ring (bicyclic) bond motifs is 1. The van der Waals surface area contributed by atoms with Gasteiger partial charge in [0.1, 0.15) is 34.1 Å². The van der Waals surface area contributed by atoms with E-state index in [0.29, 0.717) is 42.6 Å². The van der Waals surface area contributed by atoms with Crippen LogP contribution in [-0.4, -0.2) is 55.9 Å². The third-order valence-corrected chi connectivity index (χ3v) is 7.67. The number of benzene rings is 1. The molecule has 0 saturated heterocycles. The number of nitrogens with two attached hydrogens (primary N) is 1. The monoisotopic (exact) mass is 686 g/mol. The Bertz CT molecular complexity index is 1700. The zero-order valence-corrected chi connectivity index (χ0v) is 30.0. The van der Waals surface area contributed by atoms with Gasteiger partial charge in [-0.25, -0.2) is 28.1 Å². The number of hydrogen-bond donors (Lipinski definition) is 2. The van der Waals surface area contributed by atoms with Crippen molar-refractivity contribution in [2.24, 2.45) is 0 Å². The maximum atomic E-state index is 15.6. The molecule has 268 valence electrons. The summed E-state index contributed by atoms with van der Waals surface area (Å²) in [6.45, 7) is 17.4. The highest BCUT2D eigenvalue weighted by molar-refractivity contribution is 6.16. The van der Waals surface area contributed by atoms with Crippen molar-refractivity contribution >= 4 is 40.7 Å². The van der Waals surface area contributed by atoms with Gasteiger partial charge in [-0.2, -0.15) is 10.00 Å². The summed E-state index contributed by atoms with van der Waals surface area (Å²) in [6, 6.07) is 1.68. The Kier molecular flexibility index (Phi) is 10.5. The molecule has 3 aromatic rings. The molecular formula is C35H48F2N6O6. The molecule has 2 aromatic heterocycles. The summed E-state index contributed by atoms with van der Waals surface area (Å²) in [5, 5.41) is 7.77. The van der Waals surface area contributed by atoms with E-state index in [2.05, 4.69) is 15.4 Å². The molecule has 2 heterocycles. The Labute approximate surface area is 285 Å². The predicted molar refractivity (Wildman–Crippen MR) is 182 cm³/mol. The van der Waals surface area contributed by atoms with Crippen LogP contribution in [0.4, 0.5) is 34.7 Å². The van der Waals surface area contributed by atoms with Crippen LogP contribution < -0.4 is 16.0 Å². The molecule has 0 atom stereocenters. The minimum Gasteiger partial charge on any atom is -0.444 e. The van der Waals surface area contributed by atoms with Crippen LogP contribution in [0, 0.1) is 11.6 Å². The van der Waals surface area contributed by atoms with Crippen LogP contribution in [0.1, 0.15) is 106 Å². The van der Waals surface area contributed by atoms with Crippen molar-refractivity contribution in [3.05, 3.63) is 35.5 Å². The molecule has 12 nitrogen and oxygen atoms in total. The lowest BCUT2D eigenvalue weighted by molar-refractivity contribution is 0.0425. The van der Waals surface area contributed by atoms with Crippen molar-refractivity contribution in [1.29, 1.82) is 0 Å². The van der Waals surface area contributed by atoms with Crippen LogP contribution >= 0.6 is 0 Å². The van der Waals surface area contributed by atoms with Crippen LogP contribution in [0.15, 0.2) is 18.3 Å². The van der Waals surface area contributed by atoms with E-state index in [9.17, 15) is 18.8 Å². The van der Waals surface area contributed by atoms with Gasteiger partial charge in [0.25, 0.3) is 0 Å². The summed E-state index contributed by atoms with van der Waals surface area (Å²) in [4.78, 5) is 45.3. The fraction of sp³-hybridized carbons (Fsp3) is 0.571. The van der Waals surface area contributed by atoms with Gasteiger partial charge in [0.2, 0.25) is 0 Å². The third kappa shape index (κ3) is 8.95. The molecule has 3 N–H and O–H groups in total. The van der Waals surface area contributed by atoms with Gasteiger partial charge in [-0.1, -0.05) is 0 Å². The lowest BCUT2D eigenvalue weighted by Crippen LogP contribution is -2.44. The number of carbonyl (C=O) groups excluding carboxylic acids is 3. The fourth-order valence-corrected chi connectivity index (χ4v) is 5.74. The summed E-state index contributed by atoms with van der Waals surface area (Å²) >= 11 is 0. The van der Waals surface area contributed by atoms with Crippen molar-refractivity contribution in [2.75, 3.05) is 10.6 Å². The molecule has 14 heteroatoms. The number of halogens is 2. The van der Waals surface area contributed by atoms with Crippen molar-refractivity contribution < 1.29 is 37.4 Å². The first-order valence-electron chi connectivity index (χ1n) is 16.5. The smallest absolute Gasteiger partial charge is 0.425 e. The first kappa shape index (κ1) is 37.3. The maximum absolute atomic E-state index is 15.6. The molecule has 49 heavy (non-hydrogen) atoms. The average molecular weight is 687 g/mol. The summed E-state index contributed by atoms with van der Waals surface area (Å²) in [6.07, 6.45) is 1.51. The Balaban J connectivity index is 1.91. The van der Waals surface area contributed by atoms with Gasteiger partial charge < -0.3 is 25.3 Å². The topological polar surface area (TPSA) is 151 Å².